The Hall–Kier alpha value is -6.49. The van der Waals surface area contributed by atoms with Crippen LogP contribution in [0.3, 0.4) is 0 Å². The Morgan fingerprint density at radius 2 is 0.729 bits per heavy atom. The van der Waals surface area contributed by atoms with Gasteiger partial charge in [0.25, 0.3) is 0 Å². The number of pyridine rings is 4. The highest BCUT2D eigenvalue weighted by Gasteiger charge is 2.28. The molecular weight excluding hydrogens is 811 g/mol. The van der Waals surface area contributed by atoms with Gasteiger partial charge in [0.15, 0.2) is 18.9 Å². The molecule has 0 saturated carbocycles. The lowest BCUT2D eigenvalue weighted by atomic mass is 10.0. The van der Waals surface area contributed by atoms with Crippen LogP contribution in [0.1, 0.15) is 50.6 Å². The number of fused-ring (bicyclic) bond motifs is 8. The second-order valence-electron chi connectivity index (χ2n) is 14.3. The Morgan fingerprint density at radius 3 is 1.07 bits per heavy atom. The van der Waals surface area contributed by atoms with Crippen molar-refractivity contribution < 1.29 is 4.57 Å². The molecule has 286 valence electrons. The van der Waals surface area contributed by atoms with Gasteiger partial charge >= 0.3 is 6.00 Å². The summed E-state index contributed by atoms with van der Waals surface area (Å²) < 4.78 is 2.15. The highest BCUT2D eigenvalue weighted by molar-refractivity contribution is 7.69. The van der Waals surface area contributed by atoms with Gasteiger partial charge in [0.2, 0.25) is 0 Å². The molecule has 1 aliphatic rings. The van der Waals surface area contributed by atoms with Gasteiger partial charge in [-0.15, -0.1) is 33.2 Å². The van der Waals surface area contributed by atoms with E-state index in [1.165, 1.54) is 0 Å². The molecule has 1 aliphatic heterocycles. The van der Waals surface area contributed by atoms with Gasteiger partial charge < -0.3 is 19.9 Å². The molecule has 4 N–H and O–H groups in total. The van der Waals surface area contributed by atoms with Crippen molar-refractivity contribution in [3.8, 4) is 0 Å². The second-order valence-corrected chi connectivity index (χ2v) is 22.7. The van der Waals surface area contributed by atoms with Gasteiger partial charge in [0.1, 0.15) is 0 Å². The Labute approximate surface area is 353 Å². The van der Waals surface area contributed by atoms with Crippen LogP contribution < -0.4 is 31.2 Å². The van der Waals surface area contributed by atoms with Crippen LogP contribution in [-0.2, 0) is 6.54 Å². The number of hydrogen-bond acceptors (Lipinski definition) is 3. The summed E-state index contributed by atoms with van der Waals surface area (Å²) in [4.78, 5) is 28.3. The minimum Gasteiger partial charge on any atom is -0.354 e. The molecule has 0 saturated heterocycles. The largest absolute Gasteiger partial charge is 0.372 e. The van der Waals surface area contributed by atoms with Crippen molar-refractivity contribution in [3.63, 3.8) is 0 Å². The molecule has 0 spiro atoms. The summed E-state index contributed by atoms with van der Waals surface area (Å²) in [5.41, 5.74) is 13.2. The fraction of sp³-hybridized carbons (Fsp3) is 0.0213. The minimum atomic E-state index is -2.94. The molecule has 59 heavy (non-hydrogen) atoms. The first-order valence-corrected chi connectivity index (χ1v) is 24.0. The van der Waals surface area contributed by atoms with Gasteiger partial charge in [-0.1, -0.05) is 24.3 Å². The standard InChI is InChI=1S/C47H33Cl3N8Si/c48-59(49,50)35-3-1-30(2-4-35)29-58-27-19-34(20-28-58)47-42-11-9-40(56-42)45(32-15-23-52-24-16-32)38-7-5-36(54-38)44(31-13-21-51-22-14-31)37-6-8-39(55-37)46(33-17-25-53-26-18-33)41-10-12-43(47)57-41/h1-28H,29H2,(H3,51,52,53,54,55,56,57)/p+1. The minimum absolute atomic E-state index is 0.668. The fourth-order valence-electron chi connectivity index (χ4n) is 7.87. The smallest absolute Gasteiger partial charge is 0.354 e. The van der Waals surface area contributed by atoms with Gasteiger partial charge in [-0.25, -0.2) is 4.57 Å². The van der Waals surface area contributed by atoms with Crippen molar-refractivity contribution >= 4 is 66.7 Å². The molecule has 12 heteroatoms. The van der Waals surface area contributed by atoms with E-state index in [1.54, 1.807) is 0 Å². The third-order valence-electron chi connectivity index (χ3n) is 10.6. The molecule has 0 amide bonds. The number of halogens is 3. The molecule has 8 nitrogen and oxygen atoms in total. The molecule has 10 rings (SSSR count). The highest BCUT2D eigenvalue weighted by atomic mass is 35.8. The van der Waals surface area contributed by atoms with Crippen molar-refractivity contribution in [2.75, 3.05) is 0 Å². The lowest BCUT2D eigenvalue weighted by molar-refractivity contribution is -0.688. The number of aromatic amines is 4. The SMILES string of the molecule is Cl[Si](Cl)(Cl)c1ccc(C[n+]2ccc(C3=c4ccc([nH]4)=C(c4ccncc4)c4ccc([nH]4)C(c4ccncc4)=c4ccc([nH]4)=C(c4ccncc4)c4ccc3[nH]4)cc2)cc1. The summed E-state index contributed by atoms with van der Waals surface area (Å²) in [6.45, 7) is 0.668. The van der Waals surface area contributed by atoms with E-state index in [2.05, 4.69) is 113 Å². The van der Waals surface area contributed by atoms with Crippen molar-refractivity contribution in [1.29, 1.82) is 0 Å². The van der Waals surface area contributed by atoms with Crippen molar-refractivity contribution in [3.05, 3.63) is 243 Å². The third-order valence-corrected chi connectivity index (χ3v) is 13.6. The molecule has 8 bridgehead atoms. The average Bonchev–Trinajstić information content (AvgIpc) is 4.11. The predicted molar refractivity (Wildman–Crippen MR) is 236 cm³/mol. The monoisotopic (exact) mass is 843 g/mol. The second kappa shape index (κ2) is 15.4. The molecule has 0 aliphatic carbocycles. The third kappa shape index (κ3) is 7.30. The zero-order valence-corrected chi connectivity index (χ0v) is 34.6. The van der Waals surface area contributed by atoms with E-state index < -0.39 is 6.00 Å². The molecule has 0 radical (unpaired) electrons. The zero-order valence-electron chi connectivity index (χ0n) is 31.3. The van der Waals surface area contributed by atoms with Gasteiger partial charge in [-0.2, -0.15) is 0 Å². The van der Waals surface area contributed by atoms with E-state index in [-0.39, 0.29) is 0 Å². The van der Waals surface area contributed by atoms with E-state index in [1.807, 2.05) is 97.8 Å². The van der Waals surface area contributed by atoms with Crippen LogP contribution in [0, 0.1) is 0 Å². The van der Waals surface area contributed by atoms with E-state index in [4.69, 9.17) is 33.2 Å². The molecule has 0 unspecified atom stereocenters. The van der Waals surface area contributed by atoms with Gasteiger partial charge in [0.05, 0.1) is 0 Å². The Morgan fingerprint density at radius 1 is 0.390 bits per heavy atom. The van der Waals surface area contributed by atoms with Gasteiger partial charge in [-0.3, -0.25) is 15.0 Å². The highest BCUT2D eigenvalue weighted by Crippen LogP contribution is 2.27. The molecular formula is C47H34Cl3N8Si+. The first kappa shape index (κ1) is 36.8. The first-order chi connectivity index (χ1) is 28.9. The number of nitrogens with zero attached hydrogens (tertiary/aromatic N) is 4. The van der Waals surface area contributed by atoms with Crippen LogP contribution in [0.5, 0.6) is 0 Å². The van der Waals surface area contributed by atoms with Crippen molar-refractivity contribution in [2.45, 2.75) is 6.54 Å². The normalized spacial score (nSPS) is 12.9. The van der Waals surface area contributed by atoms with Crippen molar-refractivity contribution in [2.24, 2.45) is 0 Å². The summed E-state index contributed by atoms with van der Waals surface area (Å²) in [7, 11) is 0. The van der Waals surface area contributed by atoms with E-state index in [9.17, 15) is 0 Å². The fourth-order valence-corrected chi connectivity index (χ4v) is 9.54. The quantitative estimate of drug-likeness (QED) is 0.0943. The maximum absolute atomic E-state index is 6.25. The van der Waals surface area contributed by atoms with E-state index in [0.29, 0.717) is 6.54 Å². The summed E-state index contributed by atoms with van der Waals surface area (Å²) in [6, 6.07) is 38.7. The Balaban J connectivity index is 1.21. The van der Waals surface area contributed by atoms with Crippen LogP contribution in [0.2, 0.25) is 0 Å². The van der Waals surface area contributed by atoms with Crippen LogP contribution in [-0.4, -0.2) is 40.9 Å². The molecule has 9 heterocycles. The topological polar surface area (TPSA) is 106 Å². The molecule has 0 fully saturated rings. The summed E-state index contributed by atoms with van der Waals surface area (Å²) in [6.07, 6.45) is 15.2. The lowest BCUT2D eigenvalue weighted by Crippen LogP contribution is -2.34. The number of hydrogen-bond donors (Lipinski definition) is 4. The van der Waals surface area contributed by atoms with Crippen molar-refractivity contribution in [1.82, 2.24) is 34.9 Å². The maximum Gasteiger partial charge on any atom is 0.372 e. The maximum atomic E-state index is 6.25. The van der Waals surface area contributed by atoms with Crippen LogP contribution in [0.15, 0.2) is 171 Å². The van der Waals surface area contributed by atoms with Gasteiger partial charge in [0, 0.05) is 121 Å². The lowest BCUT2D eigenvalue weighted by Gasteiger charge is -2.09. The van der Waals surface area contributed by atoms with Gasteiger partial charge in [-0.05, 0) is 112 Å². The number of benzene rings is 1. The number of rotatable bonds is 7. The first-order valence-electron chi connectivity index (χ1n) is 19.0. The summed E-state index contributed by atoms with van der Waals surface area (Å²) in [5.74, 6) is 0. The molecule has 1 aromatic carbocycles. The van der Waals surface area contributed by atoms with E-state index >= 15 is 0 Å². The Kier molecular flexibility index (Phi) is 9.58. The number of nitrogens with one attached hydrogen (secondary N) is 4. The van der Waals surface area contributed by atoms with Crippen LogP contribution in [0.25, 0.3) is 22.3 Å². The summed E-state index contributed by atoms with van der Waals surface area (Å²) >= 11 is 18.7. The van der Waals surface area contributed by atoms with Crippen LogP contribution >= 0.6 is 33.2 Å². The van der Waals surface area contributed by atoms with Crippen LogP contribution in [0.4, 0.5) is 0 Å². The average molecular weight is 845 g/mol. The zero-order chi connectivity index (χ0) is 39.9. The Bertz CT molecular complexity index is 3200. The van der Waals surface area contributed by atoms with E-state index in [0.717, 1.165) is 99.5 Å². The predicted octanol–water partition coefficient (Wildman–Crippen LogP) is 5.68. The summed E-state index contributed by atoms with van der Waals surface area (Å²) in [5, 5.41) is 4.61. The number of H-pyrrole nitrogens is 4. The molecule has 8 aromatic heterocycles. The molecule has 0 atom stereocenters. The number of aromatic nitrogens is 8. The molecule has 9 aromatic rings.